The van der Waals surface area contributed by atoms with E-state index in [-0.39, 0.29) is 0 Å². The van der Waals surface area contributed by atoms with E-state index in [4.69, 9.17) is 9.47 Å². The maximum absolute atomic E-state index is 5.78. The molecule has 0 bridgehead atoms. The third-order valence-corrected chi connectivity index (χ3v) is 2.97. The number of ether oxygens (including phenoxy) is 2. The van der Waals surface area contributed by atoms with Gasteiger partial charge in [0.05, 0.1) is 6.10 Å². The molecule has 13 heavy (non-hydrogen) atoms. The first-order chi connectivity index (χ1) is 6.17. The molecular formula is C11H22O2. The fraction of sp³-hybridized carbons (Fsp3) is 1.00. The molecule has 2 heteroatoms. The zero-order valence-corrected chi connectivity index (χ0v) is 9.14. The second-order valence-corrected chi connectivity index (χ2v) is 4.59. The summed E-state index contributed by atoms with van der Waals surface area (Å²) in [5.74, 6) is 0. The number of methoxy groups -OCH3 is 1. The van der Waals surface area contributed by atoms with Gasteiger partial charge in [-0.3, -0.25) is 0 Å². The van der Waals surface area contributed by atoms with Crippen LogP contribution in [0, 0.1) is 5.41 Å². The summed E-state index contributed by atoms with van der Waals surface area (Å²) in [6, 6.07) is 0. The first-order valence-electron chi connectivity index (χ1n) is 5.27. The first-order valence-corrected chi connectivity index (χ1v) is 5.27. The molecule has 0 saturated carbocycles. The highest BCUT2D eigenvalue weighted by molar-refractivity contribution is 4.82. The molecular weight excluding hydrogens is 164 g/mol. The summed E-state index contributed by atoms with van der Waals surface area (Å²) >= 11 is 0. The van der Waals surface area contributed by atoms with E-state index in [1.54, 1.807) is 7.11 Å². The molecule has 1 aliphatic heterocycles. The maximum Gasteiger partial charge on any atom is 0.0626 e. The molecule has 0 spiro atoms. The van der Waals surface area contributed by atoms with E-state index in [9.17, 15) is 0 Å². The van der Waals surface area contributed by atoms with E-state index in [1.165, 1.54) is 12.8 Å². The van der Waals surface area contributed by atoms with Crippen LogP contribution in [0.4, 0.5) is 0 Å². The monoisotopic (exact) mass is 186 g/mol. The van der Waals surface area contributed by atoms with Crippen LogP contribution in [0.1, 0.15) is 39.5 Å². The molecule has 78 valence electrons. The van der Waals surface area contributed by atoms with Crippen LogP contribution >= 0.6 is 0 Å². The van der Waals surface area contributed by atoms with Crippen LogP contribution < -0.4 is 0 Å². The van der Waals surface area contributed by atoms with Crippen LogP contribution in [0.2, 0.25) is 0 Å². The van der Waals surface area contributed by atoms with Crippen molar-refractivity contribution in [3.05, 3.63) is 0 Å². The van der Waals surface area contributed by atoms with Crippen LogP contribution in [0.3, 0.4) is 0 Å². The van der Waals surface area contributed by atoms with Crippen molar-refractivity contribution in [3.63, 3.8) is 0 Å². The molecule has 1 aliphatic rings. The van der Waals surface area contributed by atoms with Gasteiger partial charge < -0.3 is 9.47 Å². The summed E-state index contributed by atoms with van der Waals surface area (Å²) in [7, 11) is 1.76. The molecule has 0 N–H and O–H groups in total. The predicted octanol–water partition coefficient (Wildman–Crippen LogP) is 2.62. The van der Waals surface area contributed by atoms with Gasteiger partial charge in [-0.1, -0.05) is 13.8 Å². The molecule has 1 rings (SSSR count). The van der Waals surface area contributed by atoms with Gasteiger partial charge in [0.25, 0.3) is 0 Å². The smallest absolute Gasteiger partial charge is 0.0626 e. The standard InChI is InChI=1S/C11H22O2/c1-11(2)7-5-9-13-10(11)6-4-8-12-3/h10H,4-9H2,1-3H3. The molecule has 2 nitrogen and oxygen atoms in total. The van der Waals surface area contributed by atoms with Crippen molar-refractivity contribution < 1.29 is 9.47 Å². The van der Waals surface area contributed by atoms with Gasteiger partial charge in [-0.05, 0) is 31.1 Å². The third-order valence-electron chi connectivity index (χ3n) is 2.97. The van der Waals surface area contributed by atoms with E-state index in [0.29, 0.717) is 11.5 Å². The summed E-state index contributed by atoms with van der Waals surface area (Å²) in [6.45, 7) is 6.42. The first kappa shape index (κ1) is 11.0. The Morgan fingerprint density at radius 1 is 1.46 bits per heavy atom. The highest BCUT2D eigenvalue weighted by Crippen LogP contribution is 2.35. The molecule has 1 heterocycles. The molecule has 0 aromatic rings. The van der Waals surface area contributed by atoms with Gasteiger partial charge in [0, 0.05) is 20.3 Å². The van der Waals surface area contributed by atoms with E-state index in [0.717, 1.165) is 26.1 Å². The quantitative estimate of drug-likeness (QED) is 0.628. The molecule has 0 aliphatic carbocycles. The van der Waals surface area contributed by atoms with Crippen molar-refractivity contribution in [3.8, 4) is 0 Å². The minimum absolute atomic E-state index is 0.367. The Kier molecular flexibility index (Phi) is 4.20. The fourth-order valence-corrected chi connectivity index (χ4v) is 2.03. The molecule has 0 aromatic heterocycles. The lowest BCUT2D eigenvalue weighted by Gasteiger charge is -2.38. The molecule has 1 unspecified atom stereocenters. The Hall–Kier alpha value is -0.0800. The van der Waals surface area contributed by atoms with Crippen molar-refractivity contribution in [1.29, 1.82) is 0 Å². The average Bonchev–Trinajstić information content (AvgIpc) is 2.08. The molecule has 0 radical (unpaired) electrons. The highest BCUT2D eigenvalue weighted by Gasteiger charge is 2.32. The van der Waals surface area contributed by atoms with Crippen molar-refractivity contribution >= 4 is 0 Å². The lowest BCUT2D eigenvalue weighted by atomic mass is 9.78. The minimum Gasteiger partial charge on any atom is -0.385 e. The lowest BCUT2D eigenvalue weighted by Crippen LogP contribution is -2.36. The summed E-state index contributed by atoms with van der Waals surface area (Å²) in [4.78, 5) is 0. The normalized spacial score (nSPS) is 27.5. The van der Waals surface area contributed by atoms with Gasteiger partial charge >= 0.3 is 0 Å². The van der Waals surface area contributed by atoms with Gasteiger partial charge in [0.2, 0.25) is 0 Å². The second kappa shape index (κ2) is 4.97. The van der Waals surface area contributed by atoms with Crippen molar-refractivity contribution in [2.75, 3.05) is 20.3 Å². The van der Waals surface area contributed by atoms with Crippen LogP contribution in [-0.2, 0) is 9.47 Å². The predicted molar refractivity (Wildman–Crippen MR) is 53.9 cm³/mol. The minimum atomic E-state index is 0.367. The fourth-order valence-electron chi connectivity index (χ4n) is 2.03. The van der Waals surface area contributed by atoms with Gasteiger partial charge in [-0.25, -0.2) is 0 Å². The topological polar surface area (TPSA) is 18.5 Å². The largest absolute Gasteiger partial charge is 0.385 e. The van der Waals surface area contributed by atoms with Gasteiger partial charge in [0.15, 0.2) is 0 Å². The molecule has 1 fully saturated rings. The Morgan fingerprint density at radius 2 is 2.23 bits per heavy atom. The molecule has 0 aromatic carbocycles. The Labute approximate surface area is 81.6 Å². The van der Waals surface area contributed by atoms with E-state index in [2.05, 4.69) is 13.8 Å². The lowest BCUT2D eigenvalue weighted by molar-refractivity contribution is -0.0738. The number of hydrogen-bond donors (Lipinski definition) is 0. The van der Waals surface area contributed by atoms with Gasteiger partial charge in [-0.2, -0.15) is 0 Å². The van der Waals surface area contributed by atoms with Crippen molar-refractivity contribution in [2.45, 2.75) is 45.6 Å². The summed E-state index contributed by atoms with van der Waals surface area (Å²) in [6.07, 6.45) is 5.21. The van der Waals surface area contributed by atoms with Crippen LogP contribution in [0.5, 0.6) is 0 Å². The Morgan fingerprint density at radius 3 is 2.85 bits per heavy atom. The highest BCUT2D eigenvalue weighted by atomic mass is 16.5. The van der Waals surface area contributed by atoms with Gasteiger partial charge in [-0.15, -0.1) is 0 Å². The molecule has 0 amide bonds. The zero-order chi connectivity index (χ0) is 9.73. The average molecular weight is 186 g/mol. The van der Waals surface area contributed by atoms with Crippen LogP contribution in [-0.4, -0.2) is 26.4 Å². The van der Waals surface area contributed by atoms with E-state index < -0.39 is 0 Å². The van der Waals surface area contributed by atoms with Gasteiger partial charge in [0.1, 0.15) is 0 Å². The second-order valence-electron chi connectivity index (χ2n) is 4.59. The Balaban J connectivity index is 2.29. The van der Waals surface area contributed by atoms with Crippen LogP contribution in [0.25, 0.3) is 0 Å². The zero-order valence-electron chi connectivity index (χ0n) is 9.14. The van der Waals surface area contributed by atoms with Crippen LogP contribution in [0.15, 0.2) is 0 Å². The summed E-state index contributed by atoms with van der Waals surface area (Å²) in [5.41, 5.74) is 0.367. The summed E-state index contributed by atoms with van der Waals surface area (Å²) in [5, 5.41) is 0. The maximum atomic E-state index is 5.78. The Bertz CT molecular complexity index is 143. The van der Waals surface area contributed by atoms with Crippen molar-refractivity contribution in [1.82, 2.24) is 0 Å². The molecule has 1 atom stereocenters. The summed E-state index contributed by atoms with van der Waals surface area (Å²) < 4.78 is 10.8. The SMILES string of the molecule is COCCCC1OCCCC1(C)C. The number of rotatable bonds is 4. The van der Waals surface area contributed by atoms with E-state index in [1.807, 2.05) is 0 Å². The van der Waals surface area contributed by atoms with E-state index >= 15 is 0 Å². The molecule has 1 saturated heterocycles. The third kappa shape index (κ3) is 3.28. The van der Waals surface area contributed by atoms with Crippen molar-refractivity contribution in [2.24, 2.45) is 5.41 Å². The number of hydrogen-bond acceptors (Lipinski definition) is 2.